The zero-order valence-electron chi connectivity index (χ0n) is 14.6. The number of piperidine rings is 1. The predicted molar refractivity (Wildman–Crippen MR) is 90.1 cm³/mol. The number of nitrogens with zero attached hydrogens (tertiary/aromatic N) is 1. The number of ether oxygens (including phenoxy) is 2. The molecule has 0 aliphatic carbocycles. The standard InChI is InChI=1S/C19H27NO3/c1-12(2)7-14-11-20-6-5-13-8-18(22-3)19(23-4)9-15(13)16(20)10-17(14)21/h8-9,12,14,16H,5-7,10-11H2,1-4H3/t14-,16?/m0/s1. The molecule has 1 fully saturated rings. The van der Waals surface area contributed by atoms with Crippen LogP contribution in [0.3, 0.4) is 0 Å². The minimum atomic E-state index is 0.202. The number of rotatable bonds is 4. The molecule has 1 unspecified atom stereocenters. The van der Waals surface area contributed by atoms with Gasteiger partial charge in [-0.1, -0.05) is 13.8 Å². The van der Waals surface area contributed by atoms with Crippen LogP contribution in [0.1, 0.15) is 43.9 Å². The number of methoxy groups -OCH3 is 2. The van der Waals surface area contributed by atoms with Crippen LogP contribution in [0.5, 0.6) is 11.5 Å². The number of benzene rings is 1. The van der Waals surface area contributed by atoms with Crippen molar-refractivity contribution < 1.29 is 14.3 Å². The summed E-state index contributed by atoms with van der Waals surface area (Å²) in [6.07, 6.45) is 2.63. The smallest absolute Gasteiger partial charge is 0.161 e. The molecule has 23 heavy (non-hydrogen) atoms. The topological polar surface area (TPSA) is 38.8 Å². The van der Waals surface area contributed by atoms with E-state index in [1.807, 2.05) is 0 Å². The average molecular weight is 317 g/mol. The Morgan fingerprint density at radius 2 is 1.91 bits per heavy atom. The van der Waals surface area contributed by atoms with Crippen molar-refractivity contribution in [2.75, 3.05) is 27.3 Å². The Labute approximate surface area is 138 Å². The molecule has 4 heteroatoms. The molecule has 1 aromatic carbocycles. The Morgan fingerprint density at radius 3 is 2.57 bits per heavy atom. The molecule has 2 aliphatic heterocycles. The lowest BCUT2D eigenvalue weighted by Crippen LogP contribution is -2.46. The normalized spacial score (nSPS) is 24.3. The maximum absolute atomic E-state index is 12.6. The predicted octanol–water partition coefficient (Wildman–Crippen LogP) is 3.24. The van der Waals surface area contributed by atoms with Crippen molar-refractivity contribution in [3.63, 3.8) is 0 Å². The van der Waals surface area contributed by atoms with Crippen LogP contribution < -0.4 is 9.47 Å². The number of hydrogen-bond donors (Lipinski definition) is 0. The minimum absolute atomic E-state index is 0.202. The first-order valence-corrected chi connectivity index (χ1v) is 8.55. The first-order chi connectivity index (χ1) is 11.0. The largest absolute Gasteiger partial charge is 0.493 e. The summed E-state index contributed by atoms with van der Waals surface area (Å²) in [6, 6.07) is 4.35. The summed E-state index contributed by atoms with van der Waals surface area (Å²) in [5, 5.41) is 0. The number of ketones is 1. The summed E-state index contributed by atoms with van der Waals surface area (Å²) in [4.78, 5) is 15.1. The monoisotopic (exact) mass is 317 g/mol. The molecule has 0 spiro atoms. The van der Waals surface area contributed by atoms with Crippen LogP contribution in [-0.2, 0) is 11.2 Å². The van der Waals surface area contributed by atoms with Gasteiger partial charge in [0.05, 0.1) is 14.2 Å². The molecule has 0 bridgehead atoms. The third kappa shape index (κ3) is 3.09. The fraction of sp³-hybridized carbons (Fsp3) is 0.632. The van der Waals surface area contributed by atoms with Crippen LogP contribution in [0.4, 0.5) is 0 Å². The number of Topliss-reactive ketones (excluding diaryl/α,β-unsaturated/α-hetero) is 1. The van der Waals surface area contributed by atoms with Gasteiger partial charge in [-0.15, -0.1) is 0 Å². The van der Waals surface area contributed by atoms with Gasteiger partial charge in [0.1, 0.15) is 5.78 Å². The Hall–Kier alpha value is -1.55. The van der Waals surface area contributed by atoms with Gasteiger partial charge in [-0.3, -0.25) is 9.69 Å². The first-order valence-electron chi connectivity index (χ1n) is 8.55. The van der Waals surface area contributed by atoms with Crippen LogP contribution in [0.2, 0.25) is 0 Å². The molecule has 0 saturated carbocycles. The molecule has 2 heterocycles. The molecule has 1 saturated heterocycles. The van der Waals surface area contributed by atoms with Crippen molar-refractivity contribution in [1.82, 2.24) is 4.90 Å². The van der Waals surface area contributed by atoms with Crippen LogP contribution in [0.15, 0.2) is 12.1 Å². The lowest BCUT2D eigenvalue weighted by molar-refractivity contribution is -0.129. The molecule has 0 aromatic heterocycles. The highest BCUT2D eigenvalue weighted by Gasteiger charge is 2.38. The number of carbonyl (C=O) groups excluding carboxylic acids is 1. The van der Waals surface area contributed by atoms with Crippen molar-refractivity contribution in [2.45, 2.75) is 39.2 Å². The van der Waals surface area contributed by atoms with Gasteiger partial charge in [0, 0.05) is 31.5 Å². The molecule has 4 nitrogen and oxygen atoms in total. The highest BCUT2D eigenvalue weighted by molar-refractivity contribution is 5.83. The van der Waals surface area contributed by atoms with Crippen molar-refractivity contribution in [1.29, 1.82) is 0 Å². The van der Waals surface area contributed by atoms with Crippen LogP contribution in [-0.4, -0.2) is 38.0 Å². The Balaban J connectivity index is 1.89. The quantitative estimate of drug-likeness (QED) is 0.854. The maximum atomic E-state index is 12.6. The molecular formula is C19H27NO3. The number of carbonyl (C=O) groups is 1. The van der Waals surface area contributed by atoms with Crippen LogP contribution in [0, 0.1) is 11.8 Å². The molecule has 0 N–H and O–H groups in total. The van der Waals surface area contributed by atoms with Gasteiger partial charge in [-0.2, -0.15) is 0 Å². The second kappa shape index (κ2) is 6.52. The fourth-order valence-electron chi connectivity index (χ4n) is 4.05. The molecule has 3 rings (SSSR count). The first kappa shape index (κ1) is 16.3. The Morgan fingerprint density at radius 1 is 1.22 bits per heavy atom. The van der Waals surface area contributed by atoms with E-state index in [0.29, 0.717) is 18.1 Å². The third-order valence-corrected chi connectivity index (χ3v) is 5.17. The van der Waals surface area contributed by atoms with E-state index >= 15 is 0 Å². The van der Waals surface area contributed by atoms with Gasteiger partial charge in [0.15, 0.2) is 11.5 Å². The molecule has 0 amide bonds. The van der Waals surface area contributed by atoms with Crippen molar-refractivity contribution in [2.24, 2.45) is 11.8 Å². The zero-order valence-corrected chi connectivity index (χ0v) is 14.6. The molecule has 126 valence electrons. The summed E-state index contributed by atoms with van der Waals surface area (Å²) in [5.74, 6) is 2.72. The van der Waals surface area contributed by atoms with Gasteiger partial charge in [0.2, 0.25) is 0 Å². The Bertz CT molecular complexity index is 597. The third-order valence-electron chi connectivity index (χ3n) is 5.17. The van der Waals surface area contributed by atoms with Crippen molar-refractivity contribution in [3.05, 3.63) is 23.3 Å². The molecular weight excluding hydrogens is 290 g/mol. The summed E-state index contributed by atoms with van der Waals surface area (Å²) in [5.41, 5.74) is 2.53. The van der Waals surface area contributed by atoms with Crippen LogP contribution >= 0.6 is 0 Å². The second-order valence-corrected chi connectivity index (χ2v) is 7.16. The molecule has 0 radical (unpaired) electrons. The van der Waals surface area contributed by atoms with Crippen molar-refractivity contribution >= 4 is 5.78 Å². The van der Waals surface area contributed by atoms with Gasteiger partial charge < -0.3 is 9.47 Å². The highest BCUT2D eigenvalue weighted by Crippen LogP contribution is 2.42. The molecule has 1 aromatic rings. The molecule has 2 aliphatic rings. The van der Waals surface area contributed by atoms with E-state index < -0.39 is 0 Å². The van der Waals surface area contributed by atoms with Crippen LogP contribution in [0.25, 0.3) is 0 Å². The fourth-order valence-corrected chi connectivity index (χ4v) is 4.05. The minimum Gasteiger partial charge on any atom is -0.493 e. The van der Waals surface area contributed by atoms with E-state index in [2.05, 4.69) is 30.9 Å². The lowest BCUT2D eigenvalue weighted by Gasteiger charge is -2.43. The number of fused-ring (bicyclic) bond motifs is 3. The van der Waals surface area contributed by atoms with E-state index in [1.54, 1.807) is 14.2 Å². The SMILES string of the molecule is COc1cc2c(cc1OC)C1CC(=O)[C@@H](CC(C)C)CN1CC2. The average Bonchev–Trinajstić information content (AvgIpc) is 2.53. The molecule has 2 atom stereocenters. The summed E-state index contributed by atoms with van der Waals surface area (Å²) in [7, 11) is 3.33. The van der Waals surface area contributed by atoms with Gasteiger partial charge in [-0.05, 0) is 42.0 Å². The zero-order chi connectivity index (χ0) is 16.6. The lowest BCUT2D eigenvalue weighted by atomic mass is 9.80. The van der Waals surface area contributed by atoms with E-state index in [1.165, 1.54) is 11.1 Å². The number of hydrogen-bond acceptors (Lipinski definition) is 4. The van der Waals surface area contributed by atoms with E-state index in [-0.39, 0.29) is 12.0 Å². The van der Waals surface area contributed by atoms with E-state index in [9.17, 15) is 4.79 Å². The second-order valence-electron chi connectivity index (χ2n) is 7.16. The summed E-state index contributed by atoms with van der Waals surface area (Å²) in [6.45, 7) is 6.31. The van der Waals surface area contributed by atoms with E-state index in [4.69, 9.17) is 9.47 Å². The van der Waals surface area contributed by atoms with Gasteiger partial charge in [0.25, 0.3) is 0 Å². The van der Waals surface area contributed by atoms with Crippen molar-refractivity contribution in [3.8, 4) is 11.5 Å². The summed E-state index contributed by atoms with van der Waals surface area (Å²) < 4.78 is 10.9. The maximum Gasteiger partial charge on any atom is 0.161 e. The van der Waals surface area contributed by atoms with Gasteiger partial charge >= 0.3 is 0 Å². The Kier molecular flexibility index (Phi) is 4.62. The summed E-state index contributed by atoms with van der Waals surface area (Å²) >= 11 is 0. The van der Waals surface area contributed by atoms with Gasteiger partial charge in [-0.25, -0.2) is 0 Å². The highest BCUT2D eigenvalue weighted by atomic mass is 16.5. The van der Waals surface area contributed by atoms with E-state index in [0.717, 1.165) is 37.4 Å².